The summed E-state index contributed by atoms with van der Waals surface area (Å²) in [6.07, 6.45) is 3.55. The van der Waals surface area contributed by atoms with E-state index in [1.807, 2.05) is 32.0 Å². The Kier molecular flexibility index (Phi) is 4.98. The van der Waals surface area contributed by atoms with Gasteiger partial charge in [-0.15, -0.1) is 0 Å². The van der Waals surface area contributed by atoms with Crippen molar-refractivity contribution in [3.05, 3.63) is 35.9 Å². The van der Waals surface area contributed by atoms with Crippen LogP contribution in [0.15, 0.2) is 28.9 Å². The minimum absolute atomic E-state index is 0.261. The van der Waals surface area contributed by atoms with Gasteiger partial charge in [0.2, 0.25) is 11.8 Å². The summed E-state index contributed by atoms with van der Waals surface area (Å²) in [6, 6.07) is 5.99. The van der Waals surface area contributed by atoms with Gasteiger partial charge in [-0.2, -0.15) is 4.98 Å². The first-order valence-corrected chi connectivity index (χ1v) is 6.94. The molecule has 0 aliphatic carbocycles. The first-order chi connectivity index (χ1) is 9.67. The molecule has 0 saturated heterocycles. The van der Waals surface area contributed by atoms with Crippen molar-refractivity contribution < 1.29 is 9.15 Å². The molecule has 1 atom stereocenters. The third-order valence-corrected chi connectivity index (χ3v) is 2.90. The maximum atomic E-state index is 5.42. The molecule has 0 bridgehead atoms. The van der Waals surface area contributed by atoms with Crippen molar-refractivity contribution >= 4 is 5.95 Å². The number of nitrogens with zero attached hydrogens (tertiary/aromatic N) is 2. The Balaban J connectivity index is 1.91. The van der Waals surface area contributed by atoms with E-state index in [4.69, 9.17) is 9.15 Å². The lowest BCUT2D eigenvalue weighted by atomic mass is 10.1. The molecular formula is C15H21N3O2. The van der Waals surface area contributed by atoms with E-state index in [0.29, 0.717) is 18.4 Å². The number of anilines is 1. The summed E-state index contributed by atoms with van der Waals surface area (Å²) >= 11 is 0. The van der Waals surface area contributed by atoms with Gasteiger partial charge >= 0.3 is 0 Å². The number of nitrogens with one attached hydrogen (secondary N) is 1. The molecule has 0 aliphatic heterocycles. The minimum Gasteiger partial charge on any atom is -0.478 e. The average Bonchev–Trinajstić information content (AvgIpc) is 2.89. The third kappa shape index (κ3) is 4.26. The van der Waals surface area contributed by atoms with Gasteiger partial charge in [-0.05, 0) is 39.3 Å². The first-order valence-electron chi connectivity index (χ1n) is 6.94. The molecule has 2 heterocycles. The highest BCUT2D eigenvalue weighted by Gasteiger charge is 2.08. The van der Waals surface area contributed by atoms with Crippen LogP contribution in [0.25, 0.3) is 0 Å². The van der Waals surface area contributed by atoms with Gasteiger partial charge in [-0.1, -0.05) is 0 Å². The molecule has 1 N–H and O–H groups in total. The molecule has 2 aromatic heterocycles. The zero-order chi connectivity index (χ0) is 14.4. The fourth-order valence-corrected chi connectivity index (χ4v) is 1.93. The molecule has 5 heteroatoms. The van der Waals surface area contributed by atoms with E-state index in [-0.39, 0.29) is 6.04 Å². The zero-order valence-electron chi connectivity index (χ0n) is 12.2. The van der Waals surface area contributed by atoms with Gasteiger partial charge in [-0.25, -0.2) is 4.98 Å². The van der Waals surface area contributed by atoms with E-state index in [0.717, 1.165) is 24.3 Å². The SMILES string of the molecule is CCOc1cc(C)nc(NC(C)CCc2ccco2)n1. The summed E-state index contributed by atoms with van der Waals surface area (Å²) < 4.78 is 10.7. The number of hydrogen-bond donors (Lipinski definition) is 1. The van der Waals surface area contributed by atoms with Crippen molar-refractivity contribution in [2.75, 3.05) is 11.9 Å². The van der Waals surface area contributed by atoms with Crippen LogP contribution in [0.2, 0.25) is 0 Å². The zero-order valence-corrected chi connectivity index (χ0v) is 12.2. The summed E-state index contributed by atoms with van der Waals surface area (Å²) in [5.74, 6) is 2.22. The second-order valence-corrected chi connectivity index (χ2v) is 4.77. The van der Waals surface area contributed by atoms with Crippen LogP contribution < -0.4 is 10.1 Å². The number of rotatable bonds is 7. The molecule has 2 aromatic rings. The highest BCUT2D eigenvalue weighted by atomic mass is 16.5. The largest absolute Gasteiger partial charge is 0.478 e. The van der Waals surface area contributed by atoms with Gasteiger partial charge in [0.15, 0.2) is 0 Å². The number of furan rings is 1. The second-order valence-electron chi connectivity index (χ2n) is 4.77. The highest BCUT2D eigenvalue weighted by molar-refractivity contribution is 5.31. The first kappa shape index (κ1) is 14.4. The van der Waals surface area contributed by atoms with Crippen LogP contribution in [0, 0.1) is 6.92 Å². The fourth-order valence-electron chi connectivity index (χ4n) is 1.93. The maximum Gasteiger partial charge on any atom is 0.226 e. The third-order valence-electron chi connectivity index (χ3n) is 2.90. The highest BCUT2D eigenvalue weighted by Crippen LogP contribution is 2.14. The van der Waals surface area contributed by atoms with Gasteiger partial charge in [0.25, 0.3) is 0 Å². The van der Waals surface area contributed by atoms with Crippen LogP contribution in [0.5, 0.6) is 5.88 Å². The number of aryl methyl sites for hydroxylation is 2. The summed E-state index contributed by atoms with van der Waals surface area (Å²) in [5.41, 5.74) is 0.893. The van der Waals surface area contributed by atoms with E-state index in [2.05, 4.69) is 22.2 Å². The molecule has 2 rings (SSSR count). The van der Waals surface area contributed by atoms with Crippen molar-refractivity contribution in [2.45, 2.75) is 39.7 Å². The molecule has 1 unspecified atom stereocenters. The monoisotopic (exact) mass is 275 g/mol. The van der Waals surface area contributed by atoms with Gasteiger partial charge < -0.3 is 14.5 Å². The lowest BCUT2D eigenvalue weighted by Gasteiger charge is -2.14. The van der Waals surface area contributed by atoms with E-state index in [1.54, 1.807) is 6.26 Å². The number of hydrogen-bond acceptors (Lipinski definition) is 5. The van der Waals surface area contributed by atoms with Crippen LogP contribution in [0.1, 0.15) is 31.7 Å². The molecule has 0 saturated carbocycles. The van der Waals surface area contributed by atoms with Crippen molar-refractivity contribution in [1.82, 2.24) is 9.97 Å². The number of ether oxygens (including phenoxy) is 1. The Morgan fingerprint density at radius 2 is 2.25 bits per heavy atom. The summed E-state index contributed by atoms with van der Waals surface area (Å²) in [5, 5.41) is 3.30. The Bertz CT molecular complexity index is 526. The molecule has 20 heavy (non-hydrogen) atoms. The van der Waals surface area contributed by atoms with Gasteiger partial charge in [0.05, 0.1) is 12.9 Å². The summed E-state index contributed by atoms with van der Waals surface area (Å²) in [4.78, 5) is 8.72. The molecule has 0 spiro atoms. The molecule has 0 aliphatic rings. The van der Waals surface area contributed by atoms with Gasteiger partial charge in [0, 0.05) is 24.2 Å². The topological polar surface area (TPSA) is 60.2 Å². The Morgan fingerprint density at radius 3 is 2.95 bits per heavy atom. The second kappa shape index (κ2) is 6.93. The number of aromatic nitrogens is 2. The van der Waals surface area contributed by atoms with Crippen molar-refractivity contribution in [1.29, 1.82) is 0 Å². The quantitative estimate of drug-likeness (QED) is 0.840. The van der Waals surface area contributed by atoms with Crippen LogP contribution in [-0.2, 0) is 6.42 Å². The van der Waals surface area contributed by atoms with Crippen LogP contribution >= 0.6 is 0 Å². The molecular weight excluding hydrogens is 254 g/mol. The fraction of sp³-hybridized carbons (Fsp3) is 0.467. The molecule has 5 nitrogen and oxygen atoms in total. The van der Waals surface area contributed by atoms with Crippen LogP contribution in [-0.4, -0.2) is 22.6 Å². The molecule has 0 fully saturated rings. The maximum absolute atomic E-state index is 5.42. The van der Waals surface area contributed by atoms with E-state index < -0.39 is 0 Å². The molecule has 0 aromatic carbocycles. The van der Waals surface area contributed by atoms with Crippen LogP contribution in [0.4, 0.5) is 5.95 Å². The van der Waals surface area contributed by atoms with E-state index in [9.17, 15) is 0 Å². The van der Waals surface area contributed by atoms with Crippen LogP contribution in [0.3, 0.4) is 0 Å². The Labute approximate surface area is 119 Å². The Hall–Kier alpha value is -2.04. The molecule has 0 amide bonds. The van der Waals surface area contributed by atoms with E-state index >= 15 is 0 Å². The normalized spacial score (nSPS) is 12.2. The molecule has 0 radical (unpaired) electrons. The summed E-state index contributed by atoms with van der Waals surface area (Å²) in [7, 11) is 0. The van der Waals surface area contributed by atoms with Gasteiger partial charge in [-0.3, -0.25) is 0 Å². The Morgan fingerprint density at radius 1 is 1.40 bits per heavy atom. The van der Waals surface area contributed by atoms with Gasteiger partial charge in [0.1, 0.15) is 5.76 Å². The lowest BCUT2D eigenvalue weighted by Crippen LogP contribution is -2.18. The van der Waals surface area contributed by atoms with Crippen molar-refractivity contribution in [3.63, 3.8) is 0 Å². The van der Waals surface area contributed by atoms with E-state index in [1.165, 1.54) is 0 Å². The minimum atomic E-state index is 0.261. The van der Waals surface area contributed by atoms with Crippen molar-refractivity contribution in [3.8, 4) is 5.88 Å². The standard InChI is InChI=1S/C15H21N3O2/c1-4-19-14-10-12(3)17-15(18-14)16-11(2)7-8-13-6-5-9-20-13/h5-6,9-11H,4,7-8H2,1-3H3,(H,16,17,18). The molecule has 108 valence electrons. The average molecular weight is 275 g/mol. The summed E-state index contributed by atoms with van der Waals surface area (Å²) in [6.45, 7) is 6.58. The predicted octanol–water partition coefficient (Wildman–Crippen LogP) is 3.21. The predicted molar refractivity (Wildman–Crippen MR) is 78.1 cm³/mol. The smallest absolute Gasteiger partial charge is 0.226 e. The lowest BCUT2D eigenvalue weighted by molar-refractivity contribution is 0.326. The van der Waals surface area contributed by atoms with Crippen molar-refractivity contribution in [2.24, 2.45) is 0 Å².